The molecule has 2 aromatic heterocycles. The van der Waals surface area contributed by atoms with Gasteiger partial charge in [0.25, 0.3) is 0 Å². The normalized spacial score (nSPS) is 11.1. The molecule has 0 N–H and O–H groups in total. The standard InChI is InChI=1S/C16H15NOS/c1-10-4-5-12-13(7-17(3)15(12)6-10)16(18)14-9-19-8-11(14)2/h4-9H,1-3H3. The predicted octanol–water partition coefficient (Wildman–Crippen LogP) is 4.09. The van der Waals surface area contributed by atoms with Gasteiger partial charge in [-0.1, -0.05) is 12.1 Å². The fourth-order valence-electron chi connectivity index (χ4n) is 2.41. The summed E-state index contributed by atoms with van der Waals surface area (Å²) >= 11 is 1.58. The van der Waals surface area contributed by atoms with E-state index in [1.807, 2.05) is 41.6 Å². The minimum absolute atomic E-state index is 0.119. The minimum atomic E-state index is 0.119. The Hall–Kier alpha value is -1.87. The van der Waals surface area contributed by atoms with Crippen molar-refractivity contribution in [3.05, 3.63) is 57.4 Å². The summed E-state index contributed by atoms with van der Waals surface area (Å²) in [4.78, 5) is 12.6. The van der Waals surface area contributed by atoms with Crippen LogP contribution in [-0.2, 0) is 7.05 Å². The third kappa shape index (κ3) is 1.90. The third-order valence-corrected chi connectivity index (χ3v) is 4.35. The molecule has 3 aromatic rings. The first kappa shape index (κ1) is 12.2. The predicted molar refractivity (Wildman–Crippen MR) is 80.1 cm³/mol. The van der Waals surface area contributed by atoms with Gasteiger partial charge < -0.3 is 4.57 Å². The summed E-state index contributed by atoms with van der Waals surface area (Å²) in [6, 6.07) is 6.21. The second kappa shape index (κ2) is 4.35. The zero-order valence-electron chi connectivity index (χ0n) is 11.2. The molecule has 0 saturated heterocycles. The van der Waals surface area contributed by atoms with E-state index in [0.717, 1.165) is 27.6 Å². The van der Waals surface area contributed by atoms with Crippen LogP contribution in [0, 0.1) is 13.8 Å². The molecule has 3 heteroatoms. The van der Waals surface area contributed by atoms with Crippen molar-refractivity contribution in [2.75, 3.05) is 0 Å². The lowest BCUT2D eigenvalue weighted by Gasteiger charge is -1.99. The van der Waals surface area contributed by atoms with Gasteiger partial charge in [-0.05, 0) is 36.4 Å². The van der Waals surface area contributed by atoms with Gasteiger partial charge >= 0.3 is 0 Å². The zero-order valence-corrected chi connectivity index (χ0v) is 12.0. The second-order valence-electron chi connectivity index (χ2n) is 4.97. The minimum Gasteiger partial charge on any atom is -0.350 e. The van der Waals surface area contributed by atoms with Gasteiger partial charge in [-0.3, -0.25) is 4.79 Å². The van der Waals surface area contributed by atoms with Crippen molar-refractivity contribution in [1.29, 1.82) is 0 Å². The van der Waals surface area contributed by atoms with Crippen molar-refractivity contribution in [2.24, 2.45) is 7.05 Å². The number of fused-ring (bicyclic) bond motifs is 1. The van der Waals surface area contributed by atoms with Crippen LogP contribution in [0.15, 0.2) is 35.2 Å². The van der Waals surface area contributed by atoms with Crippen molar-refractivity contribution in [2.45, 2.75) is 13.8 Å². The van der Waals surface area contributed by atoms with Gasteiger partial charge in [-0.15, -0.1) is 0 Å². The molecule has 96 valence electrons. The van der Waals surface area contributed by atoms with Gasteiger partial charge in [0.1, 0.15) is 0 Å². The maximum absolute atomic E-state index is 12.6. The highest BCUT2D eigenvalue weighted by atomic mass is 32.1. The van der Waals surface area contributed by atoms with E-state index in [0.29, 0.717) is 0 Å². The highest BCUT2D eigenvalue weighted by molar-refractivity contribution is 7.08. The molecule has 0 radical (unpaired) electrons. The monoisotopic (exact) mass is 269 g/mol. The molecule has 1 aromatic carbocycles. The topological polar surface area (TPSA) is 22.0 Å². The van der Waals surface area contributed by atoms with Crippen LogP contribution in [0.25, 0.3) is 10.9 Å². The fraction of sp³-hybridized carbons (Fsp3) is 0.188. The average Bonchev–Trinajstić information content (AvgIpc) is 2.94. The summed E-state index contributed by atoms with van der Waals surface area (Å²) in [7, 11) is 1.99. The molecule has 0 spiro atoms. The molecule has 0 amide bonds. The average molecular weight is 269 g/mol. The largest absolute Gasteiger partial charge is 0.350 e. The van der Waals surface area contributed by atoms with E-state index in [2.05, 4.69) is 19.1 Å². The van der Waals surface area contributed by atoms with E-state index >= 15 is 0 Å². The molecule has 0 aliphatic rings. The van der Waals surface area contributed by atoms with E-state index < -0.39 is 0 Å². The first-order chi connectivity index (χ1) is 9.08. The van der Waals surface area contributed by atoms with Gasteiger partial charge in [0, 0.05) is 40.7 Å². The summed E-state index contributed by atoms with van der Waals surface area (Å²) in [6.07, 6.45) is 1.93. The van der Waals surface area contributed by atoms with Crippen LogP contribution >= 0.6 is 11.3 Å². The van der Waals surface area contributed by atoms with Crippen LogP contribution in [0.4, 0.5) is 0 Å². The lowest BCUT2D eigenvalue weighted by atomic mass is 10.0. The highest BCUT2D eigenvalue weighted by Gasteiger charge is 2.17. The van der Waals surface area contributed by atoms with Crippen molar-refractivity contribution in [1.82, 2.24) is 4.57 Å². The van der Waals surface area contributed by atoms with Gasteiger partial charge in [-0.25, -0.2) is 0 Å². The third-order valence-electron chi connectivity index (χ3n) is 3.49. The number of nitrogens with zero attached hydrogens (tertiary/aromatic N) is 1. The number of thiophene rings is 1. The van der Waals surface area contributed by atoms with Gasteiger partial charge in [0.05, 0.1) is 0 Å². The molecule has 0 aliphatic heterocycles. The number of carbonyl (C=O) groups is 1. The summed E-state index contributed by atoms with van der Waals surface area (Å²) in [6.45, 7) is 4.05. The van der Waals surface area contributed by atoms with Crippen LogP contribution in [0.3, 0.4) is 0 Å². The highest BCUT2D eigenvalue weighted by Crippen LogP contribution is 2.26. The van der Waals surface area contributed by atoms with E-state index in [1.54, 1.807) is 11.3 Å². The lowest BCUT2D eigenvalue weighted by Crippen LogP contribution is -2.00. The van der Waals surface area contributed by atoms with Crippen molar-refractivity contribution in [3.63, 3.8) is 0 Å². The first-order valence-electron chi connectivity index (χ1n) is 6.21. The molecule has 0 bridgehead atoms. The number of hydrogen-bond acceptors (Lipinski definition) is 2. The quantitative estimate of drug-likeness (QED) is 0.642. The number of benzene rings is 1. The molecule has 3 rings (SSSR count). The maximum Gasteiger partial charge on any atom is 0.196 e. The Morgan fingerprint density at radius 3 is 2.63 bits per heavy atom. The van der Waals surface area contributed by atoms with Crippen LogP contribution < -0.4 is 0 Å². The molecule has 0 atom stereocenters. The smallest absolute Gasteiger partial charge is 0.196 e. The molecule has 0 saturated carbocycles. The molecular formula is C16H15NOS. The Bertz CT molecular complexity index is 779. The molecular weight excluding hydrogens is 254 g/mol. The summed E-state index contributed by atoms with van der Waals surface area (Å²) in [5, 5.41) is 4.98. The zero-order chi connectivity index (χ0) is 13.6. The molecule has 0 aliphatic carbocycles. The van der Waals surface area contributed by atoms with Crippen molar-refractivity contribution in [3.8, 4) is 0 Å². The van der Waals surface area contributed by atoms with E-state index in [9.17, 15) is 4.79 Å². The van der Waals surface area contributed by atoms with Crippen molar-refractivity contribution >= 4 is 28.0 Å². The van der Waals surface area contributed by atoms with Crippen LogP contribution in [-0.4, -0.2) is 10.4 Å². The summed E-state index contributed by atoms with van der Waals surface area (Å²) < 4.78 is 2.03. The van der Waals surface area contributed by atoms with Gasteiger partial charge in [0.15, 0.2) is 5.78 Å². The lowest BCUT2D eigenvalue weighted by molar-refractivity contribution is 0.104. The van der Waals surface area contributed by atoms with Gasteiger partial charge in [-0.2, -0.15) is 11.3 Å². The van der Waals surface area contributed by atoms with Crippen molar-refractivity contribution < 1.29 is 4.79 Å². The molecule has 2 nitrogen and oxygen atoms in total. The fourth-order valence-corrected chi connectivity index (χ4v) is 3.24. The van der Waals surface area contributed by atoms with Gasteiger partial charge in [0.2, 0.25) is 0 Å². The summed E-state index contributed by atoms with van der Waals surface area (Å²) in [5.74, 6) is 0.119. The number of aryl methyl sites for hydroxylation is 3. The number of aromatic nitrogens is 1. The number of hydrogen-bond donors (Lipinski definition) is 0. The maximum atomic E-state index is 12.6. The number of ketones is 1. The Balaban J connectivity index is 2.21. The number of rotatable bonds is 2. The molecule has 0 unspecified atom stereocenters. The Kier molecular flexibility index (Phi) is 2.79. The van der Waals surface area contributed by atoms with E-state index in [-0.39, 0.29) is 5.78 Å². The van der Waals surface area contributed by atoms with E-state index in [1.165, 1.54) is 5.56 Å². The van der Waals surface area contributed by atoms with Crippen LogP contribution in [0.1, 0.15) is 27.0 Å². The second-order valence-corrected chi connectivity index (χ2v) is 5.72. The number of carbonyl (C=O) groups excluding carboxylic acids is 1. The molecule has 2 heterocycles. The van der Waals surface area contributed by atoms with Crippen LogP contribution in [0.5, 0.6) is 0 Å². The molecule has 0 fully saturated rings. The Morgan fingerprint density at radius 2 is 1.95 bits per heavy atom. The summed E-state index contributed by atoms with van der Waals surface area (Å²) in [5.41, 5.74) is 4.98. The van der Waals surface area contributed by atoms with E-state index in [4.69, 9.17) is 0 Å². The Labute approximate surface area is 116 Å². The SMILES string of the molecule is Cc1ccc2c(C(=O)c3cscc3C)cn(C)c2c1. The van der Waals surface area contributed by atoms with Crippen LogP contribution in [0.2, 0.25) is 0 Å². The Morgan fingerprint density at radius 1 is 1.16 bits per heavy atom. The first-order valence-corrected chi connectivity index (χ1v) is 7.15. The molecule has 19 heavy (non-hydrogen) atoms.